The smallest absolute Gasteiger partial charge is 0.173 e. The summed E-state index contributed by atoms with van der Waals surface area (Å²) in [5.41, 5.74) is 0.992. The molecule has 4 rings (SSSR count). The Kier molecular flexibility index (Phi) is 4.31. The van der Waals surface area contributed by atoms with E-state index in [-0.39, 0.29) is 6.04 Å². The molecule has 0 saturated carbocycles. The van der Waals surface area contributed by atoms with Crippen molar-refractivity contribution in [2.24, 2.45) is 5.92 Å². The number of piperidine rings is 1. The Morgan fingerprint density at radius 3 is 2.80 bits per heavy atom. The van der Waals surface area contributed by atoms with Gasteiger partial charge in [-0.3, -0.25) is 4.90 Å². The number of rotatable bonds is 4. The lowest BCUT2D eigenvalue weighted by atomic mass is 9.92. The third-order valence-electron chi connectivity index (χ3n) is 5.27. The molecule has 130 valence electrons. The fourth-order valence-corrected chi connectivity index (χ4v) is 3.65. The van der Waals surface area contributed by atoms with Crippen LogP contribution in [0.3, 0.4) is 0 Å². The summed E-state index contributed by atoms with van der Waals surface area (Å²) in [4.78, 5) is 6.68. The molecule has 3 aromatic rings. The number of para-hydroxylation sites is 1. The highest BCUT2D eigenvalue weighted by Crippen LogP contribution is 2.32. The fourth-order valence-electron chi connectivity index (χ4n) is 3.65. The number of likely N-dealkylation sites (tertiary alicyclic amines) is 1. The lowest BCUT2D eigenvalue weighted by Crippen LogP contribution is -2.42. The molecule has 0 radical (unpaired) electrons. The average molecular weight is 337 g/mol. The SMILES string of the molecule is CC1CCN(C(C)c2nnnn2-c2ccccc2)CC1n1ccnc1. The van der Waals surface area contributed by atoms with Crippen molar-refractivity contribution in [2.75, 3.05) is 13.1 Å². The minimum atomic E-state index is 0.147. The molecule has 1 fully saturated rings. The minimum absolute atomic E-state index is 0.147. The number of nitrogens with zero attached hydrogens (tertiary/aromatic N) is 7. The van der Waals surface area contributed by atoms with E-state index in [1.165, 1.54) is 0 Å². The zero-order valence-electron chi connectivity index (χ0n) is 14.6. The second-order valence-electron chi connectivity index (χ2n) is 6.80. The zero-order chi connectivity index (χ0) is 17.2. The first-order valence-electron chi connectivity index (χ1n) is 8.79. The Bertz CT molecular complexity index is 796. The highest BCUT2D eigenvalue weighted by molar-refractivity contribution is 5.30. The summed E-state index contributed by atoms with van der Waals surface area (Å²) in [6.45, 7) is 6.53. The maximum absolute atomic E-state index is 4.32. The third kappa shape index (κ3) is 3.07. The molecule has 7 heteroatoms. The average Bonchev–Trinajstić information content (AvgIpc) is 3.34. The van der Waals surface area contributed by atoms with Gasteiger partial charge in [-0.05, 0) is 48.4 Å². The normalized spacial score (nSPS) is 22.8. The molecule has 7 nitrogen and oxygen atoms in total. The van der Waals surface area contributed by atoms with E-state index in [1.807, 2.05) is 47.5 Å². The van der Waals surface area contributed by atoms with E-state index in [0.717, 1.165) is 31.0 Å². The van der Waals surface area contributed by atoms with Crippen molar-refractivity contribution < 1.29 is 0 Å². The number of aromatic nitrogens is 6. The quantitative estimate of drug-likeness (QED) is 0.732. The molecule has 0 aliphatic carbocycles. The highest BCUT2D eigenvalue weighted by Gasteiger charge is 2.32. The standard InChI is InChI=1S/C18H23N7/c1-14-8-10-23(12-17(14)24-11-9-19-13-24)15(2)18-20-21-22-25(18)16-6-4-3-5-7-16/h3-7,9,11,13-15,17H,8,10,12H2,1-2H3. The van der Waals surface area contributed by atoms with Gasteiger partial charge in [0.05, 0.1) is 18.1 Å². The first-order valence-corrected chi connectivity index (χ1v) is 8.79. The number of hydrogen-bond acceptors (Lipinski definition) is 5. The van der Waals surface area contributed by atoms with Gasteiger partial charge in [0, 0.05) is 25.0 Å². The molecule has 2 aromatic heterocycles. The van der Waals surface area contributed by atoms with Gasteiger partial charge in [-0.25, -0.2) is 4.98 Å². The molecule has 0 spiro atoms. The second kappa shape index (κ2) is 6.76. The molecule has 1 saturated heterocycles. The van der Waals surface area contributed by atoms with E-state index in [4.69, 9.17) is 0 Å². The van der Waals surface area contributed by atoms with Crippen LogP contribution in [0, 0.1) is 5.92 Å². The first-order chi connectivity index (χ1) is 12.2. The van der Waals surface area contributed by atoms with Crippen molar-refractivity contribution >= 4 is 0 Å². The van der Waals surface area contributed by atoms with E-state index in [2.05, 4.69) is 50.0 Å². The van der Waals surface area contributed by atoms with E-state index in [9.17, 15) is 0 Å². The molecule has 0 N–H and O–H groups in total. The summed E-state index contributed by atoms with van der Waals surface area (Å²) in [5, 5.41) is 12.4. The highest BCUT2D eigenvalue weighted by atomic mass is 15.6. The van der Waals surface area contributed by atoms with Crippen molar-refractivity contribution in [3.63, 3.8) is 0 Å². The van der Waals surface area contributed by atoms with Crippen LogP contribution < -0.4 is 0 Å². The minimum Gasteiger partial charge on any atom is -0.333 e. The Labute approximate surface area is 147 Å². The van der Waals surface area contributed by atoms with Gasteiger partial charge in [-0.1, -0.05) is 25.1 Å². The molecule has 3 atom stereocenters. The molecule has 0 amide bonds. The molecule has 1 aliphatic heterocycles. The van der Waals surface area contributed by atoms with Gasteiger partial charge in [0.1, 0.15) is 0 Å². The molecule has 3 unspecified atom stereocenters. The largest absolute Gasteiger partial charge is 0.333 e. The van der Waals surface area contributed by atoms with Crippen LogP contribution in [0.4, 0.5) is 0 Å². The van der Waals surface area contributed by atoms with E-state index in [0.29, 0.717) is 12.0 Å². The summed E-state index contributed by atoms with van der Waals surface area (Å²) in [6, 6.07) is 10.6. The van der Waals surface area contributed by atoms with Gasteiger partial charge in [-0.2, -0.15) is 4.68 Å². The Morgan fingerprint density at radius 1 is 1.20 bits per heavy atom. The lowest BCUT2D eigenvalue weighted by Gasteiger charge is -2.40. The van der Waals surface area contributed by atoms with E-state index >= 15 is 0 Å². The maximum atomic E-state index is 4.32. The zero-order valence-corrected chi connectivity index (χ0v) is 14.6. The predicted octanol–water partition coefficient (Wildman–Crippen LogP) is 2.50. The Balaban J connectivity index is 1.58. The van der Waals surface area contributed by atoms with Gasteiger partial charge in [0.15, 0.2) is 5.82 Å². The first kappa shape index (κ1) is 16.0. The monoisotopic (exact) mass is 337 g/mol. The summed E-state index contributed by atoms with van der Waals surface area (Å²) >= 11 is 0. The van der Waals surface area contributed by atoms with Crippen molar-refractivity contribution in [3.8, 4) is 5.69 Å². The van der Waals surface area contributed by atoms with Crippen LogP contribution in [-0.2, 0) is 0 Å². The lowest BCUT2D eigenvalue weighted by molar-refractivity contribution is 0.0940. The molecule has 1 aromatic carbocycles. The molecule has 25 heavy (non-hydrogen) atoms. The van der Waals surface area contributed by atoms with Gasteiger partial charge >= 0.3 is 0 Å². The summed E-state index contributed by atoms with van der Waals surface area (Å²) in [7, 11) is 0. The van der Waals surface area contributed by atoms with Crippen LogP contribution in [0.15, 0.2) is 49.1 Å². The molecule has 3 heterocycles. The number of imidazole rings is 1. The van der Waals surface area contributed by atoms with Gasteiger partial charge < -0.3 is 4.57 Å². The molecule has 1 aliphatic rings. The van der Waals surface area contributed by atoms with Crippen LogP contribution in [-0.4, -0.2) is 47.7 Å². The summed E-state index contributed by atoms with van der Waals surface area (Å²) in [6.07, 6.45) is 6.98. The third-order valence-corrected chi connectivity index (χ3v) is 5.27. The van der Waals surface area contributed by atoms with Crippen LogP contribution >= 0.6 is 0 Å². The summed E-state index contributed by atoms with van der Waals surface area (Å²) < 4.78 is 4.07. The van der Waals surface area contributed by atoms with Crippen molar-refractivity contribution in [1.29, 1.82) is 0 Å². The van der Waals surface area contributed by atoms with Gasteiger partial charge in [0.2, 0.25) is 0 Å². The number of tetrazole rings is 1. The van der Waals surface area contributed by atoms with Crippen LogP contribution in [0.25, 0.3) is 5.69 Å². The molecule has 0 bridgehead atoms. The van der Waals surface area contributed by atoms with Crippen molar-refractivity contribution in [2.45, 2.75) is 32.4 Å². The Morgan fingerprint density at radius 2 is 2.04 bits per heavy atom. The van der Waals surface area contributed by atoms with Gasteiger partial charge in [0.25, 0.3) is 0 Å². The maximum Gasteiger partial charge on any atom is 0.173 e. The van der Waals surface area contributed by atoms with E-state index in [1.54, 1.807) is 0 Å². The molecular formula is C18H23N7. The molecular weight excluding hydrogens is 314 g/mol. The van der Waals surface area contributed by atoms with Crippen molar-refractivity contribution in [3.05, 3.63) is 54.9 Å². The number of benzene rings is 1. The predicted molar refractivity (Wildman–Crippen MR) is 94.2 cm³/mol. The van der Waals surface area contributed by atoms with Crippen LogP contribution in [0.2, 0.25) is 0 Å². The Hall–Kier alpha value is -2.54. The van der Waals surface area contributed by atoms with E-state index < -0.39 is 0 Å². The summed E-state index contributed by atoms with van der Waals surface area (Å²) in [5.74, 6) is 1.51. The second-order valence-corrected chi connectivity index (χ2v) is 6.80. The van der Waals surface area contributed by atoms with Gasteiger partial charge in [-0.15, -0.1) is 5.10 Å². The van der Waals surface area contributed by atoms with Crippen LogP contribution in [0.5, 0.6) is 0 Å². The van der Waals surface area contributed by atoms with Crippen molar-refractivity contribution in [1.82, 2.24) is 34.7 Å². The van der Waals surface area contributed by atoms with Crippen LogP contribution in [0.1, 0.15) is 38.2 Å². The topological polar surface area (TPSA) is 64.7 Å². The fraction of sp³-hybridized carbons (Fsp3) is 0.444. The number of hydrogen-bond donors (Lipinski definition) is 0.